The van der Waals surface area contributed by atoms with Gasteiger partial charge in [0.2, 0.25) is 0 Å². The van der Waals surface area contributed by atoms with Gasteiger partial charge in [0, 0.05) is 32.4 Å². The molecule has 2 aliphatic carbocycles. The predicted molar refractivity (Wildman–Crippen MR) is 79.1 cm³/mol. The summed E-state index contributed by atoms with van der Waals surface area (Å²) in [6.07, 6.45) is 7.81. The SMILES string of the molecule is CCNc1ccc(CN(CC2CC2)CC2CC2)cn1. The van der Waals surface area contributed by atoms with Gasteiger partial charge in [0.05, 0.1) is 0 Å². The van der Waals surface area contributed by atoms with Gasteiger partial charge in [-0.1, -0.05) is 6.07 Å². The number of nitrogens with zero attached hydrogens (tertiary/aromatic N) is 2. The molecule has 104 valence electrons. The molecule has 0 unspecified atom stereocenters. The van der Waals surface area contributed by atoms with Gasteiger partial charge in [-0.3, -0.25) is 4.90 Å². The zero-order chi connectivity index (χ0) is 13.1. The van der Waals surface area contributed by atoms with Crippen LogP contribution in [0.25, 0.3) is 0 Å². The predicted octanol–water partition coefficient (Wildman–Crippen LogP) is 3.14. The summed E-state index contributed by atoms with van der Waals surface area (Å²) in [4.78, 5) is 7.13. The summed E-state index contributed by atoms with van der Waals surface area (Å²) in [5.41, 5.74) is 1.35. The van der Waals surface area contributed by atoms with Crippen LogP contribution in [0.4, 0.5) is 5.82 Å². The van der Waals surface area contributed by atoms with Crippen LogP contribution in [0.2, 0.25) is 0 Å². The molecule has 0 aromatic carbocycles. The van der Waals surface area contributed by atoms with E-state index in [1.165, 1.54) is 44.3 Å². The maximum Gasteiger partial charge on any atom is 0.125 e. The van der Waals surface area contributed by atoms with Crippen LogP contribution in [-0.2, 0) is 6.54 Å². The van der Waals surface area contributed by atoms with Crippen LogP contribution in [-0.4, -0.2) is 29.5 Å². The van der Waals surface area contributed by atoms with Crippen LogP contribution in [0, 0.1) is 11.8 Å². The van der Waals surface area contributed by atoms with Gasteiger partial charge in [-0.2, -0.15) is 0 Å². The number of anilines is 1. The molecule has 2 fully saturated rings. The van der Waals surface area contributed by atoms with Crippen LogP contribution >= 0.6 is 0 Å². The maximum absolute atomic E-state index is 4.47. The van der Waals surface area contributed by atoms with Gasteiger partial charge in [-0.25, -0.2) is 4.98 Å². The van der Waals surface area contributed by atoms with Gasteiger partial charge >= 0.3 is 0 Å². The molecular formula is C16H25N3. The van der Waals surface area contributed by atoms with Crippen LogP contribution in [0.3, 0.4) is 0 Å². The highest BCUT2D eigenvalue weighted by atomic mass is 15.1. The molecule has 0 radical (unpaired) electrons. The van der Waals surface area contributed by atoms with Crippen molar-refractivity contribution in [1.29, 1.82) is 0 Å². The van der Waals surface area contributed by atoms with E-state index in [-0.39, 0.29) is 0 Å². The van der Waals surface area contributed by atoms with Gasteiger partial charge in [0.15, 0.2) is 0 Å². The molecule has 0 atom stereocenters. The van der Waals surface area contributed by atoms with Crippen LogP contribution < -0.4 is 5.32 Å². The first kappa shape index (κ1) is 12.9. The minimum atomic E-state index is 0.932. The Labute approximate surface area is 116 Å². The van der Waals surface area contributed by atoms with E-state index in [0.717, 1.165) is 30.7 Å². The summed E-state index contributed by atoms with van der Waals surface area (Å²) in [7, 11) is 0. The van der Waals surface area contributed by atoms with Crippen LogP contribution in [0.15, 0.2) is 18.3 Å². The molecule has 1 aromatic heterocycles. The van der Waals surface area contributed by atoms with E-state index < -0.39 is 0 Å². The van der Waals surface area contributed by atoms with Crippen molar-refractivity contribution in [2.24, 2.45) is 11.8 Å². The molecule has 2 aliphatic rings. The Hall–Kier alpha value is -1.09. The van der Waals surface area contributed by atoms with Gasteiger partial charge in [0.1, 0.15) is 5.82 Å². The Bertz CT molecular complexity index is 379. The minimum absolute atomic E-state index is 0.932. The molecule has 0 aliphatic heterocycles. The molecule has 0 saturated heterocycles. The number of hydrogen-bond donors (Lipinski definition) is 1. The third kappa shape index (κ3) is 4.20. The zero-order valence-corrected chi connectivity index (χ0v) is 11.9. The molecule has 1 N–H and O–H groups in total. The molecular weight excluding hydrogens is 234 g/mol. The molecule has 3 heteroatoms. The Kier molecular flexibility index (Phi) is 4.02. The van der Waals surface area contributed by atoms with E-state index in [9.17, 15) is 0 Å². The molecule has 0 amide bonds. The minimum Gasteiger partial charge on any atom is -0.370 e. The van der Waals surface area contributed by atoms with E-state index in [1.807, 2.05) is 6.20 Å². The van der Waals surface area contributed by atoms with Crippen molar-refractivity contribution in [2.45, 2.75) is 39.2 Å². The summed E-state index contributed by atoms with van der Waals surface area (Å²) in [6.45, 7) is 6.70. The molecule has 0 bridgehead atoms. The van der Waals surface area contributed by atoms with E-state index >= 15 is 0 Å². The lowest BCUT2D eigenvalue weighted by Gasteiger charge is -2.22. The van der Waals surface area contributed by atoms with Crippen molar-refractivity contribution in [2.75, 3.05) is 25.0 Å². The second-order valence-corrected chi connectivity index (χ2v) is 6.16. The molecule has 3 nitrogen and oxygen atoms in total. The summed E-state index contributed by atoms with van der Waals surface area (Å²) in [5, 5.41) is 3.25. The Morgan fingerprint density at radius 1 is 1.16 bits per heavy atom. The topological polar surface area (TPSA) is 28.2 Å². The van der Waals surface area contributed by atoms with Crippen molar-refractivity contribution in [3.63, 3.8) is 0 Å². The molecule has 1 aromatic rings. The fourth-order valence-electron chi connectivity index (χ4n) is 2.60. The van der Waals surface area contributed by atoms with Crippen LogP contribution in [0.1, 0.15) is 38.2 Å². The average Bonchev–Trinajstić information content (AvgIpc) is 3.28. The lowest BCUT2D eigenvalue weighted by molar-refractivity contribution is 0.244. The molecule has 19 heavy (non-hydrogen) atoms. The van der Waals surface area contributed by atoms with Crippen molar-refractivity contribution in [1.82, 2.24) is 9.88 Å². The van der Waals surface area contributed by atoms with Crippen molar-refractivity contribution in [3.8, 4) is 0 Å². The fraction of sp³-hybridized carbons (Fsp3) is 0.688. The number of rotatable bonds is 8. The summed E-state index contributed by atoms with van der Waals surface area (Å²) >= 11 is 0. The quantitative estimate of drug-likeness (QED) is 0.777. The number of aromatic nitrogens is 1. The Morgan fingerprint density at radius 2 is 1.84 bits per heavy atom. The molecule has 3 rings (SSSR count). The van der Waals surface area contributed by atoms with Gasteiger partial charge in [-0.15, -0.1) is 0 Å². The second kappa shape index (κ2) is 5.91. The van der Waals surface area contributed by atoms with Gasteiger partial charge in [-0.05, 0) is 56.1 Å². The molecule has 0 spiro atoms. The lowest BCUT2D eigenvalue weighted by atomic mass is 10.2. The maximum atomic E-state index is 4.47. The Balaban J connectivity index is 1.55. The number of hydrogen-bond acceptors (Lipinski definition) is 3. The summed E-state index contributed by atoms with van der Waals surface area (Å²) < 4.78 is 0. The first-order chi connectivity index (χ1) is 9.33. The number of nitrogens with one attached hydrogen (secondary N) is 1. The lowest BCUT2D eigenvalue weighted by Crippen LogP contribution is -2.27. The van der Waals surface area contributed by atoms with E-state index in [4.69, 9.17) is 0 Å². The third-order valence-corrected chi connectivity index (χ3v) is 4.02. The van der Waals surface area contributed by atoms with Crippen molar-refractivity contribution < 1.29 is 0 Å². The van der Waals surface area contributed by atoms with Crippen molar-refractivity contribution in [3.05, 3.63) is 23.9 Å². The molecule has 1 heterocycles. The first-order valence-electron chi connectivity index (χ1n) is 7.74. The smallest absolute Gasteiger partial charge is 0.125 e. The summed E-state index contributed by atoms with van der Waals surface area (Å²) in [6, 6.07) is 4.32. The van der Waals surface area contributed by atoms with Crippen LogP contribution in [0.5, 0.6) is 0 Å². The highest BCUT2D eigenvalue weighted by molar-refractivity contribution is 5.35. The molecule has 2 saturated carbocycles. The zero-order valence-electron chi connectivity index (χ0n) is 11.9. The van der Waals surface area contributed by atoms with E-state index in [2.05, 4.69) is 34.3 Å². The van der Waals surface area contributed by atoms with Gasteiger partial charge < -0.3 is 5.32 Å². The first-order valence-corrected chi connectivity index (χ1v) is 7.74. The van der Waals surface area contributed by atoms with E-state index in [1.54, 1.807) is 0 Å². The third-order valence-electron chi connectivity index (χ3n) is 4.02. The number of pyridine rings is 1. The van der Waals surface area contributed by atoms with Crippen molar-refractivity contribution >= 4 is 5.82 Å². The van der Waals surface area contributed by atoms with E-state index in [0.29, 0.717) is 0 Å². The second-order valence-electron chi connectivity index (χ2n) is 6.16. The fourth-order valence-corrected chi connectivity index (χ4v) is 2.60. The average molecular weight is 259 g/mol. The van der Waals surface area contributed by atoms with Gasteiger partial charge in [0.25, 0.3) is 0 Å². The highest BCUT2D eigenvalue weighted by Gasteiger charge is 2.29. The monoisotopic (exact) mass is 259 g/mol. The largest absolute Gasteiger partial charge is 0.370 e. The standard InChI is InChI=1S/C16H25N3/c1-2-17-16-8-7-15(9-18-16)12-19(10-13-3-4-13)11-14-5-6-14/h7-9,13-14H,2-6,10-12H2,1H3,(H,17,18). The normalized spacial score (nSPS) is 18.8. The highest BCUT2D eigenvalue weighted by Crippen LogP contribution is 2.34. The summed E-state index contributed by atoms with van der Waals surface area (Å²) in [5.74, 6) is 2.95. The Morgan fingerprint density at radius 3 is 2.32 bits per heavy atom.